The highest BCUT2D eigenvalue weighted by Gasteiger charge is 2.28. The van der Waals surface area contributed by atoms with Gasteiger partial charge in [0, 0.05) is 18.3 Å². The molecule has 0 amide bonds. The molecule has 0 aromatic rings. The van der Waals surface area contributed by atoms with Gasteiger partial charge in [-0.1, -0.05) is 12.5 Å². The predicted octanol–water partition coefficient (Wildman–Crippen LogP) is 1.90. The van der Waals surface area contributed by atoms with Gasteiger partial charge in [-0.15, -0.1) is 6.58 Å². The van der Waals surface area contributed by atoms with Crippen LogP contribution in [-0.4, -0.2) is 32.0 Å². The molecule has 0 heterocycles. The van der Waals surface area contributed by atoms with Crippen LogP contribution in [0.4, 0.5) is 0 Å². The fourth-order valence-corrected chi connectivity index (χ4v) is 3.58. The maximum Gasteiger partial charge on any atom is 0.150 e. The summed E-state index contributed by atoms with van der Waals surface area (Å²) in [6, 6.07) is 0.740. The van der Waals surface area contributed by atoms with Crippen molar-refractivity contribution in [1.29, 1.82) is 0 Å². The van der Waals surface area contributed by atoms with Crippen molar-refractivity contribution in [3.63, 3.8) is 0 Å². The quantitative estimate of drug-likeness (QED) is 0.752. The molecule has 16 heavy (non-hydrogen) atoms. The molecule has 0 spiro atoms. The average molecular weight is 245 g/mol. The van der Waals surface area contributed by atoms with E-state index in [1.54, 1.807) is 0 Å². The van der Waals surface area contributed by atoms with Crippen molar-refractivity contribution in [3.8, 4) is 0 Å². The van der Waals surface area contributed by atoms with E-state index in [1.807, 2.05) is 6.08 Å². The third-order valence-corrected chi connectivity index (χ3v) is 4.91. The van der Waals surface area contributed by atoms with Gasteiger partial charge in [0.05, 0.1) is 5.25 Å². The van der Waals surface area contributed by atoms with E-state index in [-0.39, 0.29) is 5.25 Å². The number of sulfone groups is 1. The summed E-state index contributed by atoms with van der Waals surface area (Å²) in [5.41, 5.74) is 0. The van der Waals surface area contributed by atoms with E-state index < -0.39 is 9.84 Å². The number of hydrogen-bond acceptors (Lipinski definition) is 3. The van der Waals surface area contributed by atoms with Crippen molar-refractivity contribution in [3.05, 3.63) is 12.7 Å². The summed E-state index contributed by atoms with van der Waals surface area (Å²) in [6.07, 6.45) is 7.87. The monoisotopic (exact) mass is 245 g/mol. The van der Waals surface area contributed by atoms with E-state index in [9.17, 15) is 8.42 Å². The van der Waals surface area contributed by atoms with Gasteiger partial charge in [-0.3, -0.25) is 0 Å². The van der Waals surface area contributed by atoms with Crippen LogP contribution >= 0.6 is 0 Å². The maximum atomic E-state index is 11.5. The zero-order valence-electron chi connectivity index (χ0n) is 10.3. The Hall–Kier alpha value is -0.350. The Morgan fingerprint density at radius 3 is 2.75 bits per heavy atom. The van der Waals surface area contributed by atoms with Crippen LogP contribution in [0.2, 0.25) is 0 Å². The van der Waals surface area contributed by atoms with Crippen molar-refractivity contribution in [2.75, 3.05) is 6.26 Å². The minimum atomic E-state index is -2.87. The predicted molar refractivity (Wildman–Crippen MR) is 68.3 cm³/mol. The van der Waals surface area contributed by atoms with E-state index in [1.165, 1.54) is 6.26 Å². The number of hydrogen-bond donors (Lipinski definition) is 1. The first-order valence-electron chi connectivity index (χ1n) is 5.99. The Balaban J connectivity index is 2.48. The van der Waals surface area contributed by atoms with Crippen molar-refractivity contribution < 1.29 is 8.42 Å². The minimum absolute atomic E-state index is 0.144. The summed E-state index contributed by atoms with van der Waals surface area (Å²) in [6.45, 7) is 5.83. The molecule has 1 fully saturated rings. The Morgan fingerprint density at radius 1 is 1.50 bits per heavy atom. The summed E-state index contributed by atoms with van der Waals surface area (Å²) >= 11 is 0. The van der Waals surface area contributed by atoms with Crippen molar-refractivity contribution in [2.45, 2.75) is 56.4 Å². The smallest absolute Gasteiger partial charge is 0.150 e. The van der Waals surface area contributed by atoms with Gasteiger partial charge in [-0.05, 0) is 32.6 Å². The molecule has 4 heteroatoms. The second kappa shape index (κ2) is 5.82. The van der Waals surface area contributed by atoms with Gasteiger partial charge in [0.15, 0.2) is 0 Å². The van der Waals surface area contributed by atoms with Gasteiger partial charge in [-0.25, -0.2) is 8.42 Å². The lowest BCUT2D eigenvalue weighted by Gasteiger charge is -2.30. The van der Waals surface area contributed by atoms with Gasteiger partial charge in [-0.2, -0.15) is 0 Å². The molecule has 3 unspecified atom stereocenters. The highest BCUT2D eigenvalue weighted by Crippen LogP contribution is 2.24. The molecule has 0 saturated heterocycles. The van der Waals surface area contributed by atoms with Crippen LogP contribution in [0.15, 0.2) is 12.7 Å². The highest BCUT2D eigenvalue weighted by atomic mass is 32.2. The van der Waals surface area contributed by atoms with Gasteiger partial charge in [0.2, 0.25) is 0 Å². The van der Waals surface area contributed by atoms with E-state index >= 15 is 0 Å². The summed E-state index contributed by atoms with van der Waals surface area (Å²) in [4.78, 5) is 0. The zero-order chi connectivity index (χ0) is 12.2. The molecule has 0 bridgehead atoms. The van der Waals surface area contributed by atoms with E-state index in [4.69, 9.17) is 0 Å². The van der Waals surface area contributed by atoms with Crippen LogP contribution < -0.4 is 5.32 Å². The van der Waals surface area contributed by atoms with E-state index in [2.05, 4.69) is 18.8 Å². The summed E-state index contributed by atoms with van der Waals surface area (Å²) in [5.74, 6) is 0. The first-order valence-corrected chi connectivity index (χ1v) is 7.94. The lowest BCUT2D eigenvalue weighted by molar-refractivity contribution is 0.344. The van der Waals surface area contributed by atoms with Gasteiger partial charge in [0.1, 0.15) is 9.84 Å². The van der Waals surface area contributed by atoms with Crippen LogP contribution in [0, 0.1) is 0 Å². The normalized spacial score (nSPS) is 28.6. The zero-order valence-corrected chi connectivity index (χ0v) is 11.1. The van der Waals surface area contributed by atoms with Crippen LogP contribution in [-0.2, 0) is 9.84 Å². The first kappa shape index (κ1) is 13.7. The van der Waals surface area contributed by atoms with Gasteiger partial charge in [0.25, 0.3) is 0 Å². The molecule has 1 aliphatic carbocycles. The Morgan fingerprint density at radius 2 is 2.19 bits per heavy atom. The summed E-state index contributed by atoms with van der Waals surface area (Å²) < 4.78 is 23.0. The molecule has 0 aromatic carbocycles. The largest absolute Gasteiger partial charge is 0.311 e. The standard InChI is InChI=1S/C12H23NO2S/c1-4-6-10(2)13-11-7-5-8-12(9-11)16(3,14)15/h4,10-13H,1,5-9H2,2-3H3. The number of rotatable bonds is 5. The number of nitrogens with one attached hydrogen (secondary N) is 1. The molecule has 3 nitrogen and oxygen atoms in total. The molecule has 1 aliphatic rings. The molecule has 1 N–H and O–H groups in total. The lowest BCUT2D eigenvalue weighted by Crippen LogP contribution is -2.42. The maximum absolute atomic E-state index is 11.5. The topological polar surface area (TPSA) is 46.2 Å². The average Bonchev–Trinajstić information content (AvgIpc) is 2.17. The minimum Gasteiger partial charge on any atom is -0.311 e. The van der Waals surface area contributed by atoms with Crippen molar-refractivity contribution in [2.24, 2.45) is 0 Å². The fourth-order valence-electron chi connectivity index (χ4n) is 2.41. The molecule has 94 valence electrons. The SMILES string of the molecule is C=CCC(C)NC1CCCC(S(C)(=O)=O)C1. The van der Waals surface area contributed by atoms with Crippen LogP contribution in [0.25, 0.3) is 0 Å². The third kappa shape index (κ3) is 4.26. The second-order valence-corrected chi connectivity index (χ2v) is 7.23. The molecule has 0 radical (unpaired) electrons. The van der Waals surface area contributed by atoms with Crippen LogP contribution in [0.5, 0.6) is 0 Å². The summed E-state index contributed by atoms with van der Waals surface area (Å²) in [5, 5.41) is 3.34. The molecule has 1 saturated carbocycles. The van der Waals surface area contributed by atoms with Crippen molar-refractivity contribution in [1.82, 2.24) is 5.32 Å². The molecule has 1 rings (SSSR count). The van der Waals surface area contributed by atoms with E-state index in [0.717, 1.165) is 32.1 Å². The Labute approximate surface area is 99.2 Å². The molecule has 0 aliphatic heterocycles. The van der Waals surface area contributed by atoms with Gasteiger partial charge < -0.3 is 5.32 Å². The fraction of sp³-hybridized carbons (Fsp3) is 0.833. The Kier molecular flexibility index (Phi) is 4.99. The molecule has 3 atom stereocenters. The van der Waals surface area contributed by atoms with E-state index in [0.29, 0.717) is 12.1 Å². The molecular weight excluding hydrogens is 222 g/mol. The Bertz CT molecular complexity index is 324. The van der Waals surface area contributed by atoms with Crippen LogP contribution in [0.1, 0.15) is 39.0 Å². The highest BCUT2D eigenvalue weighted by molar-refractivity contribution is 7.91. The first-order chi connectivity index (χ1) is 7.43. The van der Waals surface area contributed by atoms with Crippen LogP contribution in [0.3, 0.4) is 0 Å². The molecule has 0 aromatic heterocycles. The van der Waals surface area contributed by atoms with Crippen molar-refractivity contribution >= 4 is 9.84 Å². The lowest BCUT2D eigenvalue weighted by atomic mass is 9.94. The molecular formula is C12H23NO2S. The van der Waals surface area contributed by atoms with Gasteiger partial charge >= 0.3 is 0 Å². The third-order valence-electron chi connectivity index (χ3n) is 3.27. The summed E-state index contributed by atoms with van der Waals surface area (Å²) in [7, 11) is -2.87. The second-order valence-electron chi connectivity index (χ2n) is 4.91.